The molecule has 0 spiro atoms. The van der Waals surface area contributed by atoms with Crippen LogP contribution in [-0.4, -0.2) is 18.5 Å². The molecule has 0 aliphatic carbocycles. The lowest BCUT2D eigenvalue weighted by atomic mass is 10.2. The molecule has 0 heterocycles. The molecule has 15 heavy (non-hydrogen) atoms. The largest absolute Gasteiger partial charge is 0.350 e. The van der Waals surface area contributed by atoms with Crippen LogP contribution in [0.15, 0.2) is 27.1 Å². The third-order valence-corrected chi connectivity index (χ3v) is 2.91. The van der Waals surface area contributed by atoms with Crippen molar-refractivity contribution in [3.05, 3.63) is 32.7 Å². The Morgan fingerprint density at radius 3 is 2.73 bits per heavy atom. The molecule has 1 atom stereocenters. The number of carbonyl (C=O) groups is 1. The first-order valence-electron chi connectivity index (χ1n) is 4.49. The maximum atomic E-state index is 11.7. The Hall–Kier alpha value is -0.390. The van der Waals surface area contributed by atoms with E-state index in [1.807, 2.05) is 19.1 Å². The number of carbonyl (C=O) groups excluding carboxylic acids is 1. The highest BCUT2D eigenvalue weighted by Crippen LogP contribution is 2.21. The van der Waals surface area contributed by atoms with Crippen LogP contribution in [0.1, 0.15) is 17.3 Å². The smallest absolute Gasteiger partial charge is 0.252 e. The van der Waals surface area contributed by atoms with Crippen LogP contribution in [0.25, 0.3) is 0 Å². The van der Waals surface area contributed by atoms with Gasteiger partial charge in [-0.1, -0.05) is 15.9 Å². The van der Waals surface area contributed by atoms with E-state index < -0.39 is 0 Å². The molecule has 0 radical (unpaired) electrons. The highest BCUT2D eigenvalue weighted by molar-refractivity contribution is 9.11. The second-order valence-electron chi connectivity index (χ2n) is 3.31. The molecule has 82 valence electrons. The molecule has 1 unspecified atom stereocenters. The number of nitrogens with two attached hydrogens (primary N) is 1. The van der Waals surface area contributed by atoms with Crippen molar-refractivity contribution in [2.75, 3.05) is 6.54 Å². The van der Waals surface area contributed by atoms with Crippen molar-refractivity contribution in [1.82, 2.24) is 5.32 Å². The predicted octanol–water partition coefficient (Wildman–Crippen LogP) is 2.29. The molecule has 0 bridgehead atoms. The van der Waals surface area contributed by atoms with Crippen LogP contribution in [0.5, 0.6) is 0 Å². The van der Waals surface area contributed by atoms with E-state index in [0.717, 1.165) is 8.95 Å². The minimum absolute atomic E-state index is 0.0387. The van der Waals surface area contributed by atoms with E-state index in [0.29, 0.717) is 12.1 Å². The summed E-state index contributed by atoms with van der Waals surface area (Å²) >= 11 is 6.66. The molecule has 0 fully saturated rings. The topological polar surface area (TPSA) is 55.1 Å². The minimum atomic E-state index is -0.119. The average Bonchev–Trinajstić information content (AvgIpc) is 2.14. The van der Waals surface area contributed by atoms with Gasteiger partial charge >= 0.3 is 0 Å². The summed E-state index contributed by atoms with van der Waals surface area (Å²) in [5.74, 6) is -0.119. The van der Waals surface area contributed by atoms with E-state index in [-0.39, 0.29) is 11.9 Å². The van der Waals surface area contributed by atoms with Crippen LogP contribution in [-0.2, 0) is 0 Å². The van der Waals surface area contributed by atoms with E-state index in [9.17, 15) is 4.79 Å². The molecule has 5 heteroatoms. The lowest BCUT2D eigenvalue weighted by Gasteiger charge is -2.09. The fourth-order valence-electron chi connectivity index (χ4n) is 1.02. The zero-order valence-electron chi connectivity index (χ0n) is 8.26. The summed E-state index contributed by atoms with van der Waals surface area (Å²) in [6, 6.07) is 5.37. The molecule has 0 aliphatic rings. The maximum absolute atomic E-state index is 11.7. The minimum Gasteiger partial charge on any atom is -0.350 e. The molecule has 1 aromatic rings. The first-order valence-corrected chi connectivity index (χ1v) is 6.08. The number of benzene rings is 1. The number of amides is 1. The summed E-state index contributed by atoms with van der Waals surface area (Å²) in [5.41, 5.74) is 6.16. The monoisotopic (exact) mass is 334 g/mol. The van der Waals surface area contributed by atoms with Crippen molar-refractivity contribution >= 4 is 37.8 Å². The van der Waals surface area contributed by atoms with E-state index >= 15 is 0 Å². The molecule has 3 N–H and O–H groups in total. The Bertz CT molecular complexity index is 366. The van der Waals surface area contributed by atoms with Gasteiger partial charge in [0.05, 0.1) is 5.56 Å². The highest BCUT2D eigenvalue weighted by Gasteiger charge is 2.09. The normalized spacial score (nSPS) is 12.3. The van der Waals surface area contributed by atoms with Gasteiger partial charge in [-0.3, -0.25) is 4.79 Å². The zero-order chi connectivity index (χ0) is 11.4. The van der Waals surface area contributed by atoms with Gasteiger partial charge in [0.2, 0.25) is 0 Å². The van der Waals surface area contributed by atoms with Crippen molar-refractivity contribution in [2.24, 2.45) is 5.73 Å². The summed E-state index contributed by atoms with van der Waals surface area (Å²) in [6.45, 7) is 2.32. The van der Waals surface area contributed by atoms with Crippen LogP contribution >= 0.6 is 31.9 Å². The van der Waals surface area contributed by atoms with E-state index in [1.165, 1.54) is 0 Å². The molecule has 3 nitrogen and oxygen atoms in total. The van der Waals surface area contributed by atoms with Gasteiger partial charge in [0.15, 0.2) is 0 Å². The third kappa shape index (κ3) is 3.93. The molecule has 0 aliphatic heterocycles. The summed E-state index contributed by atoms with van der Waals surface area (Å²) in [5, 5.41) is 2.75. The van der Waals surface area contributed by atoms with Gasteiger partial charge in [-0.25, -0.2) is 0 Å². The number of halogens is 2. The van der Waals surface area contributed by atoms with Crippen LogP contribution < -0.4 is 11.1 Å². The van der Waals surface area contributed by atoms with E-state index in [1.54, 1.807) is 6.07 Å². The van der Waals surface area contributed by atoms with Gasteiger partial charge in [-0.05, 0) is 41.1 Å². The number of hydrogen-bond acceptors (Lipinski definition) is 2. The van der Waals surface area contributed by atoms with Gasteiger partial charge in [-0.15, -0.1) is 0 Å². The van der Waals surface area contributed by atoms with Gasteiger partial charge in [0.25, 0.3) is 5.91 Å². The summed E-state index contributed by atoms with van der Waals surface area (Å²) in [6.07, 6.45) is 0. The molecule has 0 aromatic heterocycles. The van der Waals surface area contributed by atoms with E-state index in [4.69, 9.17) is 5.73 Å². The standard InChI is InChI=1S/C10H12Br2N2O/c1-6(13)5-14-10(15)8-3-2-7(11)4-9(8)12/h2-4,6H,5,13H2,1H3,(H,14,15). The molecule has 1 amide bonds. The van der Waals surface area contributed by atoms with Crippen molar-refractivity contribution in [2.45, 2.75) is 13.0 Å². The fraction of sp³-hybridized carbons (Fsp3) is 0.300. The van der Waals surface area contributed by atoms with Gasteiger partial charge < -0.3 is 11.1 Å². The second-order valence-corrected chi connectivity index (χ2v) is 5.08. The zero-order valence-corrected chi connectivity index (χ0v) is 11.4. The van der Waals surface area contributed by atoms with Crippen molar-refractivity contribution in [1.29, 1.82) is 0 Å². The van der Waals surface area contributed by atoms with Crippen LogP contribution in [0.3, 0.4) is 0 Å². The first kappa shape index (κ1) is 12.7. The number of hydrogen-bond donors (Lipinski definition) is 2. The molecular formula is C10H12Br2N2O. The SMILES string of the molecule is CC(N)CNC(=O)c1ccc(Br)cc1Br. The molecule has 0 saturated heterocycles. The van der Waals surface area contributed by atoms with Crippen molar-refractivity contribution in [3.8, 4) is 0 Å². The summed E-state index contributed by atoms with van der Waals surface area (Å²) in [7, 11) is 0. The lowest BCUT2D eigenvalue weighted by molar-refractivity contribution is 0.0951. The quantitative estimate of drug-likeness (QED) is 0.890. The summed E-state index contributed by atoms with van der Waals surface area (Å²) < 4.78 is 1.69. The van der Waals surface area contributed by atoms with Gasteiger partial charge in [0, 0.05) is 21.5 Å². The lowest BCUT2D eigenvalue weighted by Crippen LogP contribution is -2.35. The summed E-state index contributed by atoms with van der Waals surface area (Å²) in [4.78, 5) is 11.7. The second kappa shape index (κ2) is 5.63. The van der Waals surface area contributed by atoms with Gasteiger partial charge in [-0.2, -0.15) is 0 Å². The fourth-order valence-corrected chi connectivity index (χ4v) is 2.25. The Morgan fingerprint density at radius 2 is 2.20 bits per heavy atom. The number of nitrogens with one attached hydrogen (secondary N) is 1. The van der Waals surface area contributed by atoms with E-state index in [2.05, 4.69) is 37.2 Å². The van der Waals surface area contributed by atoms with Crippen LogP contribution in [0, 0.1) is 0 Å². The van der Waals surface area contributed by atoms with Crippen LogP contribution in [0.4, 0.5) is 0 Å². The Balaban J connectivity index is 2.74. The Kier molecular flexibility index (Phi) is 4.76. The molecule has 1 rings (SSSR count). The van der Waals surface area contributed by atoms with Crippen molar-refractivity contribution < 1.29 is 4.79 Å². The third-order valence-electron chi connectivity index (χ3n) is 1.76. The first-order chi connectivity index (χ1) is 7.00. The Morgan fingerprint density at radius 1 is 1.53 bits per heavy atom. The van der Waals surface area contributed by atoms with Gasteiger partial charge in [0.1, 0.15) is 0 Å². The highest BCUT2D eigenvalue weighted by atomic mass is 79.9. The average molecular weight is 336 g/mol. The van der Waals surface area contributed by atoms with Crippen molar-refractivity contribution in [3.63, 3.8) is 0 Å². The molecule has 0 saturated carbocycles. The van der Waals surface area contributed by atoms with Crippen LogP contribution in [0.2, 0.25) is 0 Å². The number of rotatable bonds is 3. The predicted molar refractivity (Wildman–Crippen MR) is 67.8 cm³/mol. The Labute approximate surface area is 106 Å². The molecule has 1 aromatic carbocycles. The molecular weight excluding hydrogens is 324 g/mol. The maximum Gasteiger partial charge on any atom is 0.252 e.